The minimum atomic E-state index is -3.51. The van der Waals surface area contributed by atoms with E-state index in [1.165, 1.54) is 4.88 Å². The minimum Gasteiger partial charge on any atom is -0.355 e. The number of nitrogens with one attached hydrogen (secondary N) is 3. The first-order chi connectivity index (χ1) is 11.9. The van der Waals surface area contributed by atoms with Crippen molar-refractivity contribution >= 4 is 27.3 Å². The van der Waals surface area contributed by atoms with Crippen LogP contribution in [0.4, 0.5) is 0 Å². The molecule has 0 aliphatic heterocycles. The Bertz CT molecular complexity index is 815. The minimum absolute atomic E-state index is 0.273. The van der Waals surface area contributed by atoms with Crippen molar-refractivity contribution in [3.8, 4) is 0 Å². The number of sulfonamides is 1. The van der Waals surface area contributed by atoms with Crippen molar-refractivity contribution in [2.75, 3.05) is 20.1 Å². The Morgan fingerprint density at radius 3 is 2.64 bits per heavy atom. The van der Waals surface area contributed by atoms with Crippen molar-refractivity contribution in [3.05, 3.63) is 51.7 Å². The smallest absolute Gasteiger partial charge is 0.240 e. The lowest BCUT2D eigenvalue weighted by atomic mass is 10.2. The number of hydrogen-bond acceptors (Lipinski definition) is 4. The Kier molecular flexibility index (Phi) is 6.98. The van der Waals surface area contributed by atoms with Gasteiger partial charge in [0.05, 0.1) is 11.4 Å². The first kappa shape index (κ1) is 19.4. The van der Waals surface area contributed by atoms with Gasteiger partial charge in [0.2, 0.25) is 10.0 Å². The number of aliphatic imine (C=N–C) groups is 1. The molecule has 0 atom stereocenters. The average molecular weight is 381 g/mol. The van der Waals surface area contributed by atoms with Gasteiger partial charge in [-0.2, -0.15) is 0 Å². The van der Waals surface area contributed by atoms with Crippen molar-refractivity contribution < 1.29 is 8.42 Å². The molecule has 0 spiro atoms. The highest BCUT2D eigenvalue weighted by Gasteiger charge is 2.16. The second-order valence-electron chi connectivity index (χ2n) is 5.60. The van der Waals surface area contributed by atoms with Gasteiger partial charge in [-0.25, -0.2) is 13.1 Å². The summed E-state index contributed by atoms with van der Waals surface area (Å²) in [6.07, 6.45) is 0. The zero-order chi connectivity index (χ0) is 18.3. The lowest BCUT2D eigenvalue weighted by Gasteiger charge is -2.13. The molecular weight excluding hydrogens is 356 g/mol. The van der Waals surface area contributed by atoms with Crippen molar-refractivity contribution in [1.29, 1.82) is 0 Å². The average Bonchev–Trinajstić information content (AvgIpc) is 3.09. The van der Waals surface area contributed by atoms with Gasteiger partial charge >= 0.3 is 0 Å². The Labute approximate surface area is 153 Å². The van der Waals surface area contributed by atoms with E-state index in [0.29, 0.717) is 23.9 Å². The van der Waals surface area contributed by atoms with Crippen molar-refractivity contribution in [1.82, 2.24) is 15.4 Å². The number of benzene rings is 1. The van der Waals surface area contributed by atoms with Gasteiger partial charge in [-0.15, -0.1) is 11.3 Å². The van der Waals surface area contributed by atoms with Gasteiger partial charge in [-0.05, 0) is 42.5 Å². The van der Waals surface area contributed by atoms with Crippen LogP contribution in [0.15, 0.2) is 45.6 Å². The van der Waals surface area contributed by atoms with E-state index >= 15 is 0 Å². The van der Waals surface area contributed by atoms with E-state index in [2.05, 4.69) is 20.3 Å². The van der Waals surface area contributed by atoms with E-state index < -0.39 is 10.0 Å². The van der Waals surface area contributed by atoms with E-state index in [9.17, 15) is 8.42 Å². The standard InChI is InChI=1S/C17H24N4O2S2/c1-13-6-7-14(2)16(11-13)25(22,23)21-9-8-19-17(18-3)20-12-15-5-4-10-24-15/h4-7,10-11,21H,8-9,12H2,1-3H3,(H2,18,19,20). The molecule has 0 unspecified atom stereocenters. The number of aryl methyl sites for hydroxylation is 2. The van der Waals surface area contributed by atoms with Crippen molar-refractivity contribution in [2.24, 2.45) is 4.99 Å². The molecule has 0 amide bonds. The molecule has 0 aliphatic carbocycles. The highest BCUT2D eigenvalue weighted by molar-refractivity contribution is 7.89. The molecule has 0 radical (unpaired) electrons. The molecule has 0 aliphatic rings. The number of rotatable bonds is 7. The summed E-state index contributed by atoms with van der Waals surface area (Å²) in [5, 5.41) is 8.31. The SMILES string of the molecule is CN=C(NCCNS(=O)(=O)c1cc(C)ccc1C)NCc1cccs1. The number of guanidine groups is 1. The summed E-state index contributed by atoms with van der Waals surface area (Å²) in [7, 11) is -1.83. The van der Waals surface area contributed by atoms with Gasteiger partial charge in [-0.3, -0.25) is 4.99 Å². The monoisotopic (exact) mass is 380 g/mol. The molecule has 1 aromatic heterocycles. The fraction of sp³-hybridized carbons (Fsp3) is 0.353. The van der Waals surface area contributed by atoms with Gasteiger partial charge in [0.25, 0.3) is 0 Å². The van der Waals surface area contributed by atoms with Crippen LogP contribution in [0, 0.1) is 13.8 Å². The van der Waals surface area contributed by atoms with Crippen LogP contribution in [0.2, 0.25) is 0 Å². The van der Waals surface area contributed by atoms with Crippen LogP contribution < -0.4 is 15.4 Å². The third kappa shape index (κ3) is 5.84. The van der Waals surface area contributed by atoms with Gasteiger partial charge in [0, 0.05) is 25.0 Å². The van der Waals surface area contributed by atoms with Crippen LogP contribution in [0.25, 0.3) is 0 Å². The summed E-state index contributed by atoms with van der Waals surface area (Å²) in [5.41, 5.74) is 1.65. The largest absolute Gasteiger partial charge is 0.355 e. The molecule has 25 heavy (non-hydrogen) atoms. The molecule has 8 heteroatoms. The second-order valence-corrected chi connectivity index (χ2v) is 8.37. The fourth-order valence-corrected chi connectivity index (χ4v) is 4.25. The molecule has 1 heterocycles. The van der Waals surface area contributed by atoms with Gasteiger partial charge in [0.15, 0.2) is 5.96 Å². The van der Waals surface area contributed by atoms with Gasteiger partial charge in [-0.1, -0.05) is 18.2 Å². The summed E-state index contributed by atoms with van der Waals surface area (Å²) >= 11 is 1.67. The summed E-state index contributed by atoms with van der Waals surface area (Å²) < 4.78 is 27.5. The van der Waals surface area contributed by atoms with E-state index in [4.69, 9.17) is 0 Å². The molecule has 0 saturated heterocycles. The summed E-state index contributed by atoms with van der Waals surface area (Å²) in [4.78, 5) is 5.66. The molecule has 2 aromatic rings. The van der Waals surface area contributed by atoms with Crippen LogP contribution in [0.1, 0.15) is 16.0 Å². The Hall–Kier alpha value is -1.90. The Morgan fingerprint density at radius 1 is 1.16 bits per heavy atom. The predicted molar refractivity (Wildman–Crippen MR) is 104 cm³/mol. The molecule has 3 N–H and O–H groups in total. The van der Waals surface area contributed by atoms with Crippen LogP contribution in [-0.2, 0) is 16.6 Å². The molecule has 2 rings (SSSR count). The van der Waals surface area contributed by atoms with Crippen LogP contribution in [0.3, 0.4) is 0 Å². The third-order valence-corrected chi connectivity index (χ3v) is 6.06. The van der Waals surface area contributed by atoms with E-state index in [1.54, 1.807) is 31.4 Å². The summed E-state index contributed by atoms with van der Waals surface area (Å²) in [5.74, 6) is 0.638. The maximum absolute atomic E-state index is 12.4. The molecular formula is C17H24N4O2S2. The maximum atomic E-state index is 12.4. The molecule has 0 fully saturated rings. The first-order valence-electron chi connectivity index (χ1n) is 7.96. The molecule has 0 bridgehead atoms. The molecule has 6 nitrogen and oxygen atoms in total. The molecule has 1 aromatic carbocycles. The van der Waals surface area contributed by atoms with Gasteiger partial charge in [0.1, 0.15) is 0 Å². The van der Waals surface area contributed by atoms with Gasteiger partial charge < -0.3 is 10.6 Å². The summed E-state index contributed by atoms with van der Waals surface area (Å²) in [6, 6.07) is 9.45. The van der Waals surface area contributed by atoms with E-state index in [1.807, 2.05) is 36.6 Å². The fourth-order valence-electron chi connectivity index (χ4n) is 2.25. The van der Waals surface area contributed by atoms with Crippen LogP contribution >= 0.6 is 11.3 Å². The Balaban J connectivity index is 1.82. The van der Waals surface area contributed by atoms with Crippen LogP contribution in [-0.4, -0.2) is 34.5 Å². The lowest BCUT2D eigenvalue weighted by molar-refractivity contribution is 0.580. The lowest BCUT2D eigenvalue weighted by Crippen LogP contribution is -2.41. The number of thiophene rings is 1. The highest BCUT2D eigenvalue weighted by atomic mass is 32.2. The normalized spacial score (nSPS) is 12.2. The third-order valence-electron chi connectivity index (χ3n) is 3.58. The summed E-state index contributed by atoms with van der Waals surface area (Å²) in [6.45, 7) is 5.07. The quantitative estimate of drug-likeness (QED) is 0.390. The van der Waals surface area contributed by atoms with E-state index in [0.717, 1.165) is 11.1 Å². The van der Waals surface area contributed by atoms with Crippen LogP contribution in [0.5, 0.6) is 0 Å². The maximum Gasteiger partial charge on any atom is 0.240 e. The molecule has 0 saturated carbocycles. The number of hydrogen-bond donors (Lipinski definition) is 3. The van der Waals surface area contributed by atoms with E-state index in [-0.39, 0.29) is 6.54 Å². The molecule has 136 valence electrons. The number of nitrogens with zero attached hydrogens (tertiary/aromatic N) is 1. The first-order valence-corrected chi connectivity index (χ1v) is 10.3. The highest BCUT2D eigenvalue weighted by Crippen LogP contribution is 2.16. The Morgan fingerprint density at radius 2 is 1.96 bits per heavy atom. The zero-order valence-corrected chi connectivity index (χ0v) is 16.3. The second kappa shape index (κ2) is 8.98. The van der Waals surface area contributed by atoms with Crippen molar-refractivity contribution in [2.45, 2.75) is 25.3 Å². The zero-order valence-electron chi connectivity index (χ0n) is 14.7. The predicted octanol–water partition coefficient (Wildman–Crippen LogP) is 2.01. The topological polar surface area (TPSA) is 82.6 Å². The van der Waals surface area contributed by atoms with Crippen molar-refractivity contribution in [3.63, 3.8) is 0 Å².